The summed E-state index contributed by atoms with van der Waals surface area (Å²) < 4.78 is 5.21. The lowest BCUT2D eigenvalue weighted by atomic mass is 9.83. The van der Waals surface area contributed by atoms with E-state index < -0.39 is 17.4 Å². The van der Waals surface area contributed by atoms with Gasteiger partial charge in [-0.15, -0.1) is 11.3 Å². The third-order valence-corrected chi connectivity index (χ3v) is 6.55. The second-order valence-corrected chi connectivity index (χ2v) is 8.49. The van der Waals surface area contributed by atoms with Gasteiger partial charge in [0.1, 0.15) is 10.4 Å². The molecule has 1 aromatic rings. The van der Waals surface area contributed by atoms with Crippen molar-refractivity contribution < 1.29 is 14.3 Å². The number of aryl methyl sites for hydroxylation is 2. The van der Waals surface area contributed by atoms with Crippen LogP contribution in [-0.2, 0) is 22.4 Å². The van der Waals surface area contributed by atoms with Gasteiger partial charge >= 0.3 is 5.97 Å². The molecular weight excluding hydrogens is 348 g/mol. The van der Waals surface area contributed by atoms with Gasteiger partial charge < -0.3 is 10.1 Å². The Kier molecular flexibility index (Phi) is 6.31. The van der Waals surface area contributed by atoms with Gasteiger partial charge in [0, 0.05) is 4.88 Å². The van der Waals surface area contributed by atoms with Crippen LogP contribution in [0.3, 0.4) is 0 Å². The van der Waals surface area contributed by atoms with Gasteiger partial charge in [0.2, 0.25) is 0 Å². The molecule has 2 aliphatic carbocycles. The number of esters is 1. The maximum atomic E-state index is 12.3. The zero-order valence-electron chi connectivity index (χ0n) is 15.1. The highest BCUT2D eigenvalue weighted by Crippen LogP contribution is 2.29. The van der Waals surface area contributed by atoms with Crippen LogP contribution < -0.4 is 5.32 Å². The molecule has 5 nitrogen and oxygen atoms in total. The Balaban J connectivity index is 1.54. The van der Waals surface area contributed by atoms with E-state index in [0.717, 1.165) is 38.5 Å². The molecule has 0 unspecified atom stereocenters. The molecule has 1 fully saturated rings. The number of rotatable bonds is 4. The Morgan fingerprint density at radius 1 is 1.12 bits per heavy atom. The maximum Gasteiger partial charge on any atom is 0.348 e. The summed E-state index contributed by atoms with van der Waals surface area (Å²) in [6, 6.07) is 4.18. The first-order valence-corrected chi connectivity index (χ1v) is 10.4. The number of ether oxygens (including phenoxy) is 1. The molecule has 0 aliphatic heterocycles. The summed E-state index contributed by atoms with van der Waals surface area (Å²) in [7, 11) is 0. The van der Waals surface area contributed by atoms with Crippen LogP contribution in [0, 0.1) is 11.3 Å². The topological polar surface area (TPSA) is 79.2 Å². The predicted octanol–water partition coefficient (Wildman–Crippen LogP) is 3.91. The quantitative estimate of drug-likeness (QED) is 0.811. The van der Waals surface area contributed by atoms with Gasteiger partial charge in [-0.1, -0.05) is 32.1 Å². The molecular formula is C20H26N2O3S. The standard InChI is InChI=1S/C20H26N2O3S/c21-14-20(10-6-3-7-11-20)22-18(23)13-25-19(24)17-12-15-8-4-1-2-5-9-16(15)26-17/h12H,1-11,13H2,(H,22,23). The van der Waals surface area contributed by atoms with E-state index in [1.54, 1.807) is 0 Å². The van der Waals surface area contributed by atoms with E-state index in [2.05, 4.69) is 11.4 Å². The molecule has 1 heterocycles. The van der Waals surface area contributed by atoms with Crippen molar-refractivity contribution in [2.24, 2.45) is 0 Å². The Morgan fingerprint density at radius 2 is 1.81 bits per heavy atom. The lowest BCUT2D eigenvalue weighted by Gasteiger charge is -2.31. The fourth-order valence-corrected chi connectivity index (χ4v) is 5.02. The normalized spacial score (nSPS) is 19.3. The van der Waals surface area contributed by atoms with Gasteiger partial charge in [-0.25, -0.2) is 4.79 Å². The minimum atomic E-state index is -0.791. The molecule has 2 aliphatic rings. The first kappa shape index (κ1) is 18.9. The van der Waals surface area contributed by atoms with E-state index in [1.807, 2.05) is 6.07 Å². The van der Waals surface area contributed by atoms with Crippen LogP contribution in [0.1, 0.15) is 77.9 Å². The summed E-state index contributed by atoms with van der Waals surface area (Å²) in [4.78, 5) is 26.3. The highest BCUT2D eigenvalue weighted by Gasteiger charge is 2.33. The molecule has 26 heavy (non-hydrogen) atoms. The van der Waals surface area contributed by atoms with Crippen molar-refractivity contribution in [1.29, 1.82) is 5.26 Å². The van der Waals surface area contributed by atoms with Crippen molar-refractivity contribution in [2.75, 3.05) is 6.61 Å². The summed E-state index contributed by atoms with van der Waals surface area (Å²) in [6.45, 7) is -0.329. The molecule has 0 saturated heterocycles. The summed E-state index contributed by atoms with van der Waals surface area (Å²) in [5, 5.41) is 12.2. The van der Waals surface area contributed by atoms with E-state index in [-0.39, 0.29) is 6.61 Å². The smallest absolute Gasteiger partial charge is 0.348 e. The first-order valence-electron chi connectivity index (χ1n) is 9.63. The second-order valence-electron chi connectivity index (χ2n) is 7.35. The zero-order valence-corrected chi connectivity index (χ0v) is 16.0. The maximum absolute atomic E-state index is 12.3. The van der Waals surface area contributed by atoms with Crippen LogP contribution in [0.2, 0.25) is 0 Å². The summed E-state index contributed by atoms with van der Waals surface area (Å²) in [5.74, 6) is -0.830. The summed E-state index contributed by atoms with van der Waals surface area (Å²) in [5.41, 5.74) is 0.469. The molecule has 0 bridgehead atoms. The van der Waals surface area contributed by atoms with Crippen LogP contribution >= 0.6 is 11.3 Å². The molecule has 1 saturated carbocycles. The largest absolute Gasteiger partial charge is 0.451 e. The average Bonchev–Trinajstić information content (AvgIpc) is 3.02. The molecule has 0 spiro atoms. The van der Waals surface area contributed by atoms with Crippen molar-refractivity contribution >= 4 is 23.2 Å². The molecule has 6 heteroatoms. The van der Waals surface area contributed by atoms with Crippen LogP contribution in [0.25, 0.3) is 0 Å². The first-order chi connectivity index (χ1) is 12.6. The number of hydrogen-bond donors (Lipinski definition) is 1. The van der Waals surface area contributed by atoms with Crippen molar-refractivity contribution in [3.05, 3.63) is 21.4 Å². The number of amides is 1. The van der Waals surface area contributed by atoms with Crippen LogP contribution in [0.15, 0.2) is 6.07 Å². The Hall–Kier alpha value is -1.87. The van der Waals surface area contributed by atoms with Crippen molar-refractivity contribution in [3.63, 3.8) is 0 Å². The van der Waals surface area contributed by atoms with Gasteiger partial charge in [0.15, 0.2) is 6.61 Å². The third-order valence-electron chi connectivity index (χ3n) is 5.33. The van der Waals surface area contributed by atoms with Gasteiger partial charge in [0.05, 0.1) is 6.07 Å². The Bertz CT molecular complexity index is 673. The third kappa shape index (κ3) is 4.64. The second kappa shape index (κ2) is 8.68. The number of thiophene rings is 1. The SMILES string of the molecule is N#CC1(NC(=O)COC(=O)c2cc3c(s2)CCCCCC3)CCCCC1. The molecule has 0 atom stereocenters. The fourth-order valence-electron chi connectivity index (χ4n) is 3.87. The van der Waals surface area contributed by atoms with E-state index in [4.69, 9.17) is 4.74 Å². The fraction of sp³-hybridized carbons (Fsp3) is 0.650. The number of fused-ring (bicyclic) bond motifs is 1. The molecule has 1 aromatic heterocycles. The van der Waals surface area contributed by atoms with Crippen molar-refractivity contribution in [1.82, 2.24) is 5.32 Å². The zero-order chi connectivity index (χ0) is 18.4. The molecule has 1 N–H and O–H groups in total. The molecule has 1 amide bonds. The van der Waals surface area contributed by atoms with Crippen molar-refractivity contribution in [2.45, 2.75) is 76.2 Å². The van der Waals surface area contributed by atoms with E-state index >= 15 is 0 Å². The Morgan fingerprint density at radius 3 is 2.54 bits per heavy atom. The molecule has 0 radical (unpaired) electrons. The van der Waals surface area contributed by atoms with E-state index in [9.17, 15) is 14.9 Å². The minimum Gasteiger partial charge on any atom is -0.451 e. The molecule has 3 rings (SSSR count). The number of carbonyl (C=O) groups is 2. The van der Waals surface area contributed by atoms with Crippen LogP contribution in [0.5, 0.6) is 0 Å². The van der Waals surface area contributed by atoms with Gasteiger partial charge in [-0.05, 0) is 50.2 Å². The molecule has 140 valence electrons. The summed E-state index contributed by atoms with van der Waals surface area (Å²) >= 11 is 1.50. The van der Waals surface area contributed by atoms with E-state index in [0.29, 0.717) is 17.7 Å². The number of nitrogens with one attached hydrogen (secondary N) is 1. The van der Waals surface area contributed by atoms with Crippen LogP contribution in [-0.4, -0.2) is 24.0 Å². The molecule has 0 aromatic carbocycles. The number of carbonyl (C=O) groups excluding carboxylic acids is 2. The van der Waals surface area contributed by atoms with Gasteiger partial charge in [-0.2, -0.15) is 5.26 Å². The number of nitriles is 1. The minimum absolute atomic E-state index is 0.329. The monoisotopic (exact) mass is 374 g/mol. The summed E-state index contributed by atoms with van der Waals surface area (Å²) in [6.07, 6.45) is 11.2. The van der Waals surface area contributed by atoms with Crippen LogP contribution in [0.4, 0.5) is 0 Å². The highest BCUT2D eigenvalue weighted by molar-refractivity contribution is 7.14. The van der Waals surface area contributed by atoms with E-state index in [1.165, 1.54) is 41.0 Å². The van der Waals surface area contributed by atoms with Crippen molar-refractivity contribution in [3.8, 4) is 6.07 Å². The average molecular weight is 375 g/mol. The lowest BCUT2D eigenvalue weighted by molar-refractivity contribution is -0.125. The lowest BCUT2D eigenvalue weighted by Crippen LogP contribution is -2.50. The highest BCUT2D eigenvalue weighted by atomic mass is 32.1. The predicted molar refractivity (Wildman–Crippen MR) is 100 cm³/mol. The van der Waals surface area contributed by atoms with Gasteiger partial charge in [0.25, 0.3) is 5.91 Å². The Labute approximate surface area is 158 Å². The number of hydrogen-bond acceptors (Lipinski definition) is 5. The number of nitrogens with zero attached hydrogens (tertiary/aromatic N) is 1. The van der Waals surface area contributed by atoms with Gasteiger partial charge in [-0.3, -0.25) is 4.79 Å².